The van der Waals surface area contributed by atoms with Gasteiger partial charge in [-0.3, -0.25) is 4.79 Å². The van der Waals surface area contributed by atoms with E-state index in [2.05, 4.69) is 15.5 Å². The molecule has 1 amide bonds. The van der Waals surface area contributed by atoms with E-state index in [1.165, 1.54) is 32.1 Å². The third-order valence-corrected chi connectivity index (χ3v) is 3.47. The molecule has 98 valence electrons. The van der Waals surface area contributed by atoms with Crippen molar-refractivity contribution in [3.63, 3.8) is 0 Å². The Balaban J connectivity index is 1.66. The Labute approximate surface area is 107 Å². The van der Waals surface area contributed by atoms with Gasteiger partial charge in [-0.25, -0.2) is 0 Å². The van der Waals surface area contributed by atoms with Crippen molar-refractivity contribution in [2.45, 2.75) is 38.5 Å². The van der Waals surface area contributed by atoms with E-state index in [1.807, 2.05) is 0 Å². The first kappa shape index (κ1) is 12.8. The Morgan fingerprint density at radius 1 is 1.33 bits per heavy atom. The van der Waals surface area contributed by atoms with Crippen LogP contribution in [0.2, 0.25) is 0 Å². The molecule has 1 fully saturated rings. The number of nitrogens with one attached hydrogen (secondary N) is 1. The molecule has 0 saturated heterocycles. The van der Waals surface area contributed by atoms with Crippen LogP contribution in [-0.4, -0.2) is 22.6 Å². The molecule has 1 saturated carbocycles. The van der Waals surface area contributed by atoms with Crippen LogP contribution in [0.15, 0.2) is 12.1 Å². The van der Waals surface area contributed by atoms with Gasteiger partial charge in [0.2, 0.25) is 0 Å². The summed E-state index contributed by atoms with van der Waals surface area (Å²) in [5.74, 6) is 1.03. The molecular formula is C13H20N4O. The Morgan fingerprint density at radius 2 is 2.11 bits per heavy atom. The number of hydrogen-bond donors (Lipinski definition) is 2. The maximum absolute atomic E-state index is 11.7. The monoisotopic (exact) mass is 248 g/mol. The summed E-state index contributed by atoms with van der Waals surface area (Å²) in [7, 11) is 0. The Morgan fingerprint density at radius 3 is 2.78 bits per heavy atom. The van der Waals surface area contributed by atoms with E-state index in [9.17, 15) is 4.79 Å². The van der Waals surface area contributed by atoms with Crippen LogP contribution in [0, 0.1) is 5.92 Å². The standard InChI is InChI=1S/C13H20N4O/c14-12-8-7-11(16-17-12)13(18)15-9-3-6-10-4-1-2-5-10/h7-8,10H,1-6,9H2,(H2,14,17)(H,15,18). The molecule has 18 heavy (non-hydrogen) atoms. The van der Waals surface area contributed by atoms with Gasteiger partial charge in [0.25, 0.3) is 5.91 Å². The van der Waals surface area contributed by atoms with Crippen molar-refractivity contribution in [2.75, 3.05) is 12.3 Å². The predicted octanol–water partition coefficient (Wildman–Crippen LogP) is 1.76. The molecule has 0 aromatic carbocycles. The number of anilines is 1. The molecule has 3 N–H and O–H groups in total. The lowest BCUT2D eigenvalue weighted by molar-refractivity contribution is 0.0946. The molecule has 5 nitrogen and oxygen atoms in total. The van der Waals surface area contributed by atoms with E-state index >= 15 is 0 Å². The van der Waals surface area contributed by atoms with Crippen LogP contribution >= 0.6 is 0 Å². The van der Waals surface area contributed by atoms with Gasteiger partial charge in [-0.15, -0.1) is 10.2 Å². The number of aromatic nitrogens is 2. The SMILES string of the molecule is Nc1ccc(C(=O)NCCCC2CCCC2)nn1. The summed E-state index contributed by atoms with van der Waals surface area (Å²) in [5.41, 5.74) is 5.74. The number of carbonyl (C=O) groups excluding carboxylic acids is 1. The van der Waals surface area contributed by atoms with Crippen molar-refractivity contribution in [3.8, 4) is 0 Å². The molecule has 1 heterocycles. The minimum Gasteiger partial charge on any atom is -0.382 e. The van der Waals surface area contributed by atoms with Crippen LogP contribution in [0.25, 0.3) is 0 Å². The second-order valence-corrected chi connectivity index (χ2v) is 4.89. The lowest BCUT2D eigenvalue weighted by Gasteiger charge is -2.08. The fraction of sp³-hybridized carbons (Fsp3) is 0.615. The summed E-state index contributed by atoms with van der Waals surface area (Å²) in [5, 5.41) is 10.3. The summed E-state index contributed by atoms with van der Waals surface area (Å²) in [6.07, 6.45) is 7.72. The maximum atomic E-state index is 11.7. The average Bonchev–Trinajstić information content (AvgIpc) is 2.88. The van der Waals surface area contributed by atoms with Crippen molar-refractivity contribution in [1.29, 1.82) is 0 Å². The minimum atomic E-state index is -0.172. The van der Waals surface area contributed by atoms with Crippen LogP contribution < -0.4 is 11.1 Å². The van der Waals surface area contributed by atoms with E-state index in [0.717, 1.165) is 12.3 Å². The summed E-state index contributed by atoms with van der Waals surface area (Å²) in [6.45, 7) is 0.710. The molecule has 0 atom stereocenters. The summed E-state index contributed by atoms with van der Waals surface area (Å²) >= 11 is 0. The number of hydrogen-bond acceptors (Lipinski definition) is 4. The first-order valence-corrected chi connectivity index (χ1v) is 6.63. The van der Waals surface area contributed by atoms with Crippen LogP contribution in [0.4, 0.5) is 5.82 Å². The molecule has 1 aliphatic carbocycles. The quantitative estimate of drug-likeness (QED) is 0.778. The maximum Gasteiger partial charge on any atom is 0.271 e. The van der Waals surface area contributed by atoms with E-state index in [-0.39, 0.29) is 5.91 Å². The second kappa shape index (κ2) is 6.33. The molecule has 1 aliphatic rings. The van der Waals surface area contributed by atoms with Gasteiger partial charge in [-0.2, -0.15) is 0 Å². The average molecular weight is 248 g/mol. The zero-order chi connectivity index (χ0) is 12.8. The second-order valence-electron chi connectivity index (χ2n) is 4.89. The number of nitrogen functional groups attached to an aromatic ring is 1. The van der Waals surface area contributed by atoms with Crippen LogP contribution in [0.5, 0.6) is 0 Å². The fourth-order valence-corrected chi connectivity index (χ4v) is 2.45. The minimum absolute atomic E-state index is 0.172. The number of carbonyl (C=O) groups is 1. The van der Waals surface area contributed by atoms with Gasteiger partial charge in [0.1, 0.15) is 5.82 Å². The van der Waals surface area contributed by atoms with E-state index in [0.29, 0.717) is 18.1 Å². The van der Waals surface area contributed by atoms with Crippen LogP contribution in [-0.2, 0) is 0 Å². The molecule has 0 aliphatic heterocycles. The zero-order valence-electron chi connectivity index (χ0n) is 10.6. The zero-order valence-corrected chi connectivity index (χ0v) is 10.6. The van der Waals surface area contributed by atoms with Crippen molar-refractivity contribution >= 4 is 11.7 Å². The molecule has 1 aromatic heterocycles. The van der Waals surface area contributed by atoms with Crippen LogP contribution in [0.1, 0.15) is 49.0 Å². The van der Waals surface area contributed by atoms with Gasteiger partial charge in [0.15, 0.2) is 5.69 Å². The van der Waals surface area contributed by atoms with Crippen molar-refractivity contribution in [3.05, 3.63) is 17.8 Å². The van der Waals surface area contributed by atoms with Gasteiger partial charge in [0, 0.05) is 6.54 Å². The first-order chi connectivity index (χ1) is 8.75. The molecule has 0 spiro atoms. The van der Waals surface area contributed by atoms with Gasteiger partial charge in [-0.1, -0.05) is 25.7 Å². The number of amides is 1. The van der Waals surface area contributed by atoms with E-state index in [4.69, 9.17) is 5.73 Å². The van der Waals surface area contributed by atoms with Gasteiger partial charge in [0.05, 0.1) is 0 Å². The Kier molecular flexibility index (Phi) is 4.50. The highest BCUT2D eigenvalue weighted by molar-refractivity contribution is 5.92. The number of nitrogens with zero attached hydrogens (tertiary/aromatic N) is 2. The topological polar surface area (TPSA) is 80.9 Å². The fourth-order valence-electron chi connectivity index (χ4n) is 2.45. The smallest absolute Gasteiger partial charge is 0.271 e. The lowest BCUT2D eigenvalue weighted by Crippen LogP contribution is -2.26. The van der Waals surface area contributed by atoms with Crippen molar-refractivity contribution < 1.29 is 4.79 Å². The molecule has 0 radical (unpaired) electrons. The molecule has 1 aromatic rings. The molecule has 5 heteroatoms. The van der Waals surface area contributed by atoms with E-state index < -0.39 is 0 Å². The molecule has 0 bridgehead atoms. The van der Waals surface area contributed by atoms with E-state index in [1.54, 1.807) is 12.1 Å². The summed E-state index contributed by atoms with van der Waals surface area (Å²) in [6, 6.07) is 3.18. The highest BCUT2D eigenvalue weighted by Gasteiger charge is 2.14. The lowest BCUT2D eigenvalue weighted by atomic mass is 10.0. The summed E-state index contributed by atoms with van der Waals surface area (Å²) < 4.78 is 0. The third-order valence-electron chi connectivity index (χ3n) is 3.47. The molecule has 2 rings (SSSR count). The first-order valence-electron chi connectivity index (χ1n) is 6.63. The number of nitrogens with two attached hydrogens (primary N) is 1. The van der Waals surface area contributed by atoms with Crippen LogP contribution in [0.3, 0.4) is 0 Å². The summed E-state index contributed by atoms with van der Waals surface area (Å²) in [4.78, 5) is 11.7. The van der Waals surface area contributed by atoms with Gasteiger partial charge in [-0.05, 0) is 30.9 Å². The van der Waals surface area contributed by atoms with Crippen molar-refractivity contribution in [1.82, 2.24) is 15.5 Å². The Hall–Kier alpha value is -1.65. The largest absolute Gasteiger partial charge is 0.382 e. The molecule has 0 unspecified atom stereocenters. The van der Waals surface area contributed by atoms with Crippen molar-refractivity contribution in [2.24, 2.45) is 5.92 Å². The van der Waals surface area contributed by atoms with Gasteiger partial charge >= 0.3 is 0 Å². The van der Waals surface area contributed by atoms with Gasteiger partial charge < -0.3 is 11.1 Å². The normalized spacial score (nSPS) is 15.8. The molecular weight excluding hydrogens is 228 g/mol. The highest BCUT2D eigenvalue weighted by Crippen LogP contribution is 2.28. The highest BCUT2D eigenvalue weighted by atomic mass is 16.1. The number of rotatable bonds is 5. The Bertz CT molecular complexity index is 384. The third kappa shape index (κ3) is 3.68. The predicted molar refractivity (Wildman–Crippen MR) is 70.0 cm³/mol.